The van der Waals surface area contributed by atoms with Crippen molar-refractivity contribution in [2.75, 3.05) is 23.9 Å². The quantitative estimate of drug-likeness (QED) is 0.690. The molecule has 0 fully saturated rings. The highest BCUT2D eigenvalue weighted by Gasteiger charge is 2.18. The highest BCUT2D eigenvalue weighted by molar-refractivity contribution is 7.89. The predicted molar refractivity (Wildman–Crippen MR) is 84.1 cm³/mol. The maximum Gasteiger partial charge on any atom is 0.243 e. The summed E-state index contributed by atoms with van der Waals surface area (Å²) in [7, 11) is -4.58. The minimum absolute atomic E-state index is 0.0222. The number of anilines is 1. The molecule has 2 unspecified atom stereocenters. The average molecular weight is 334 g/mol. The van der Waals surface area contributed by atoms with Gasteiger partial charge in [0, 0.05) is 35.4 Å². The Bertz CT molecular complexity index is 560. The van der Waals surface area contributed by atoms with E-state index in [2.05, 4.69) is 20.0 Å². The fraction of sp³-hybridized carbons (Fsp3) is 0.667. The Kier molecular flexibility index (Phi) is 7.20. The zero-order valence-corrected chi connectivity index (χ0v) is 14.1. The lowest BCUT2D eigenvalue weighted by molar-refractivity contribution is 0.555. The molecule has 1 rings (SSSR count). The van der Waals surface area contributed by atoms with Crippen molar-refractivity contribution in [1.82, 2.24) is 14.7 Å². The molecule has 0 bridgehead atoms. The number of hydrogen-bond donors (Lipinski definition) is 2. The molecule has 1 heterocycles. The van der Waals surface area contributed by atoms with Crippen LogP contribution in [0, 0.1) is 0 Å². The van der Waals surface area contributed by atoms with Crippen molar-refractivity contribution in [2.24, 2.45) is 0 Å². The summed E-state index contributed by atoms with van der Waals surface area (Å²) in [5.74, 6) is 0.866. The molecule has 0 saturated carbocycles. The van der Waals surface area contributed by atoms with Crippen molar-refractivity contribution in [3.8, 4) is 0 Å². The number of aromatic nitrogens is 2. The third kappa shape index (κ3) is 6.49. The van der Waals surface area contributed by atoms with Crippen LogP contribution in [0.3, 0.4) is 0 Å². The Hall–Kier alpha value is -1.06. The van der Waals surface area contributed by atoms with E-state index in [1.54, 1.807) is 13.2 Å². The van der Waals surface area contributed by atoms with Crippen molar-refractivity contribution in [3.05, 3.63) is 12.4 Å². The molecule has 21 heavy (non-hydrogen) atoms. The molecule has 0 saturated heterocycles. The molecule has 2 N–H and O–H groups in total. The highest BCUT2D eigenvalue weighted by atomic mass is 32.2. The summed E-state index contributed by atoms with van der Waals surface area (Å²) in [5, 5.41) is 2.98. The van der Waals surface area contributed by atoms with E-state index in [9.17, 15) is 12.6 Å². The molecule has 2 atom stereocenters. The molecule has 0 aliphatic carbocycles. The van der Waals surface area contributed by atoms with E-state index in [1.807, 2.05) is 6.92 Å². The first-order valence-electron chi connectivity index (χ1n) is 6.73. The normalized spacial score (nSPS) is 14.6. The summed E-state index contributed by atoms with van der Waals surface area (Å²) in [6.07, 6.45) is 5.59. The van der Waals surface area contributed by atoms with Crippen molar-refractivity contribution in [3.63, 3.8) is 0 Å². The Morgan fingerprint density at radius 1 is 1.33 bits per heavy atom. The lowest BCUT2D eigenvalue weighted by Crippen LogP contribution is -2.33. The second-order valence-corrected chi connectivity index (χ2v) is 8.03. The summed E-state index contributed by atoms with van der Waals surface area (Å²) < 4.78 is 37.8. The van der Waals surface area contributed by atoms with Gasteiger partial charge in [-0.15, -0.1) is 0 Å². The van der Waals surface area contributed by atoms with Crippen molar-refractivity contribution in [1.29, 1.82) is 0 Å². The fourth-order valence-electron chi connectivity index (χ4n) is 1.52. The van der Waals surface area contributed by atoms with Gasteiger partial charge in [-0.1, -0.05) is 6.92 Å². The maximum atomic E-state index is 12.1. The molecule has 1 aromatic rings. The second-order valence-electron chi connectivity index (χ2n) is 4.76. The Labute approximate surface area is 128 Å². The van der Waals surface area contributed by atoms with Gasteiger partial charge in [0.05, 0.1) is 12.4 Å². The van der Waals surface area contributed by atoms with Gasteiger partial charge in [-0.2, -0.15) is 0 Å². The van der Waals surface area contributed by atoms with Crippen LogP contribution in [0.2, 0.25) is 0 Å². The highest BCUT2D eigenvalue weighted by Crippen LogP contribution is 2.09. The van der Waals surface area contributed by atoms with E-state index in [0.29, 0.717) is 18.1 Å². The van der Waals surface area contributed by atoms with E-state index < -0.39 is 20.8 Å². The number of nitrogens with one attached hydrogen (secondary N) is 2. The SMILES string of the molecule is CCCNc1ncc(S(=O)(=O)NC(C)CCS(C)=O)cn1. The van der Waals surface area contributed by atoms with E-state index in [4.69, 9.17) is 0 Å². The van der Waals surface area contributed by atoms with Crippen LogP contribution in [0.5, 0.6) is 0 Å². The van der Waals surface area contributed by atoms with Gasteiger partial charge in [0.2, 0.25) is 16.0 Å². The van der Waals surface area contributed by atoms with Crippen molar-refractivity contribution < 1.29 is 12.6 Å². The third-order valence-electron chi connectivity index (χ3n) is 2.67. The standard InChI is InChI=1S/C12H22N4O3S2/c1-4-6-13-12-14-8-11(9-15-12)21(18,19)16-10(2)5-7-20(3)17/h8-10,16H,4-7H2,1-3H3,(H,13,14,15). The van der Waals surface area contributed by atoms with Gasteiger partial charge in [0.25, 0.3) is 0 Å². The summed E-state index contributed by atoms with van der Waals surface area (Å²) in [6.45, 7) is 4.48. The summed E-state index contributed by atoms with van der Waals surface area (Å²) in [4.78, 5) is 7.97. The van der Waals surface area contributed by atoms with Crippen LogP contribution in [0.1, 0.15) is 26.7 Å². The third-order valence-corrected chi connectivity index (χ3v) is 5.02. The zero-order valence-electron chi connectivity index (χ0n) is 12.5. The Morgan fingerprint density at radius 2 is 1.95 bits per heavy atom. The second kappa shape index (κ2) is 8.40. The van der Waals surface area contributed by atoms with Crippen LogP contribution in [-0.2, 0) is 20.8 Å². The summed E-state index contributed by atoms with van der Waals surface area (Å²) in [5.41, 5.74) is 0. The lowest BCUT2D eigenvalue weighted by Gasteiger charge is -2.13. The summed E-state index contributed by atoms with van der Waals surface area (Å²) in [6, 6.07) is -0.295. The van der Waals surface area contributed by atoms with E-state index in [1.165, 1.54) is 12.4 Å². The molecule has 0 aromatic carbocycles. The van der Waals surface area contributed by atoms with Crippen molar-refractivity contribution in [2.45, 2.75) is 37.6 Å². The molecular weight excluding hydrogens is 312 g/mol. The van der Waals surface area contributed by atoms with Crippen LogP contribution in [-0.4, -0.2) is 47.2 Å². The minimum atomic E-state index is -3.65. The Balaban J connectivity index is 2.67. The Morgan fingerprint density at radius 3 is 2.48 bits per heavy atom. The maximum absolute atomic E-state index is 12.1. The van der Waals surface area contributed by atoms with Gasteiger partial charge in [0.1, 0.15) is 4.90 Å². The molecule has 0 aliphatic rings. The van der Waals surface area contributed by atoms with Crippen LogP contribution < -0.4 is 10.0 Å². The molecule has 0 aliphatic heterocycles. The molecule has 0 amide bonds. The van der Waals surface area contributed by atoms with Gasteiger partial charge in [-0.3, -0.25) is 4.21 Å². The van der Waals surface area contributed by atoms with Crippen LogP contribution in [0.4, 0.5) is 5.95 Å². The molecule has 9 heteroatoms. The van der Waals surface area contributed by atoms with E-state index in [-0.39, 0.29) is 10.9 Å². The lowest BCUT2D eigenvalue weighted by atomic mass is 10.3. The molecular formula is C12H22N4O3S2. The largest absolute Gasteiger partial charge is 0.354 e. The molecule has 120 valence electrons. The number of nitrogens with zero attached hydrogens (tertiary/aromatic N) is 2. The first-order chi connectivity index (χ1) is 9.85. The fourth-order valence-corrected chi connectivity index (χ4v) is 3.37. The van der Waals surface area contributed by atoms with Gasteiger partial charge < -0.3 is 5.32 Å². The monoisotopic (exact) mass is 334 g/mol. The van der Waals surface area contributed by atoms with Gasteiger partial charge in [-0.05, 0) is 19.8 Å². The van der Waals surface area contributed by atoms with Gasteiger partial charge in [0.15, 0.2) is 0 Å². The van der Waals surface area contributed by atoms with E-state index in [0.717, 1.165) is 13.0 Å². The molecule has 1 aromatic heterocycles. The first kappa shape index (κ1) is 18.0. The van der Waals surface area contributed by atoms with Gasteiger partial charge >= 0.3 is 0 Å². The van der Waals surface area contributed by atoms with Crippen LogP contribution in [0.15, 0.2) is 17.3 Å². The number of sulfonamides is 1. The minimum Gasteiger partial charge on any atom is -0.354 e. The molecule has 0 spiro atoms. The topological polar surface area (TPSA) is 101 Å². The first-order valence-corrected chi connectivity index (χ1v) is 9.94. The zero-order chi connectivity index (χ0) is 15.9. The molecule has 7 nitrogen and oxygen atoms in total. The van der Waals surface area contributed by atoms with E-state index >= 15 is 0 Å². The van der Waals surface area contributed by atoms with Crippen LogP contribution >= 0.6 is 0 Å². The molecule has 0 radical (unpaired) electrons. The predicted octanol–water partition coefficient (Wildman–Crippen LogP) is 0.734. The average Bonchev–Trinajstić information content (AvgIpc) is 2.43. The van der Waals surface area contributed by atoms with Crippen LogP contribution in [0.25, 0.3) is 0 Å². The smallest absolute Gasteiger partial charge is 0.243 e. The number of rotatable bonds is 9. The number of hydrogen-bond acceptors (Lipinski definition) is 6. The summed E-state index contributed by atoms with van der Waals surface area (Å²) >= 11 is 0. The van der Waals surface area contributed by atoms with Gasteiger partial charge in [-0.25, -0.2) is 23.1 Å². The van der Waals surface area contributed by atoms with Crippen molar-refractivity contribution >= 4 is 26.8 Å².